The molecule has 0 aliphatic heterocycles. The molecule has 0 saturated carbocycles. The quantitative estimate of drug-likeness (QED) is 0.683. The van der Waals surface area contributed by atoms with Crippen LogP contribution in [0.4, 0.5) is 11.5 Å². The summed E-state index contributed by atoms with van der Waals surface area (Å²) in [6.07, 6.45) is 1.59. The Balaban J connectivity index is 2.51. The first-order valence-corrected chi connectivity index (χ1v) is 7.47. The minimum absolute atomic E-state index is 0.125. The molecule has 2 aromatic rings. The van der Waals surface area contributed by atoms with E-state index in [0.29, 0.717) is 11.1 Å². The smallest absolute Gasteiger partial charge is 0.271 e. The van der Waals surface area contributed by atoms with Gasteiger partial charge in [0, 0.05) is 31.4 Å². The zero-order chi connectivity index (χ0) is 15.8. The highest BCUT2D eigenvalue weighted by molar-refractivity contribution is 7.92. The fourth-order valence-electron chi connectivity index (χ4n) is 1.86. The fourth-order valence-corrected chi connectivity index (χ4v) is 3.19. The fraction of sp³-hybridized carbons (Fsp3) is 0.250. The number of rotatable bonds is 4. The second-order valence-corrected chi connectivity index (χ2v) is 6.27. The number of nitro benzene ring substituents is 1. The molecule has 0 fully saturated rings. The monoisotopic (exact) mass is 310 g/mol. The average molecular weight is 310 g/mol. The van der Waals surface area contributed by atoms with Crippen molar-refractivity contribution in [1.29, 1.82) is 0 Å². The first kappa shape index (κ1) is 15.0. The molecule has 1 N–H and O–H groups in total. The van der Waals surface area contributed by atoms with Crippen LogP contribution in [-0.2, 0) is 17.1 Å². The van der Waals surface area contributed by atoms with E-state index in [0.717, 1.165) is 6.07 Å². The summed E-state index contributed by atoms with van der Waals surface area (Å²) < 4.78 is 28.5. The maximum absolute atomic E-state index is 12.4. The second kappa shape index (κ2) is 5.17. The van der Waals surface area contributed by atoms with Crippen molar-refractivity contribution in [3.63, 3.8) is 0 Å². The molecule has 0 spiro atoms. The van der Waals surface area contributed by atoms with E-state index < -0.39 is 14.9 Å². The Morgan fingerprint density at radius 2 is 2.00 bits per heavy atom. The molecule has 21 heavy (non-hydrogen) atoms. The Hall–Kier alpha value is -2.42. The maximum Gasteiger partial charge on any atom is 0.271 e. The van der Waals surface area contributed by atoms with Crippen LogP contribution in [0.25, 0.3) is 0 Å². The van der Waals surface area contributed by atoms with Crippen LogP contribution in [0.5, 0.6) is 0 Å². The maximum atomic E-state index is 12.4. The third kappa shape index (κ3) is 3.02. The Bertz CT molecular complexity index is 811. The molecule has 0 bridgehead atoms. The Kier molecular flexibility index (Phi) is 3.69. The molecule has 112 valence electrons. The van der Waals surface area contributed by atoms with Crippen molar-refractivity contribution < 1.29 is 13.3 Å². The lowest BCUT2D eigenvalue weighted by Crippen LogP contribution is -2.15. The normalized spacial score (nSPS) is 11.4. The lowest BCUT2D eigenvalue weighted by atomic mass is 10.1. The van der Waals surface area contributed by atoms with Gasteiger partial charge in [-0.25, -0.2) is 8.42 Å². The molecule has 0 aliphatic rings. The third-order valence-electron chi connectivity index (χ3n) is 3.06. The largest absolute Gasteiger partial charge is 0.274 e. The highest BCUT2D eigenvalue weighted by atomic mass is 32.2. The topological polar surface area (TPSA) is 107 Å². The minimum atomic E-state index is -3.94. The molecule has 9 heteroatoms. The highest BCUT2D eigenvalue weighted by Crippen LogP contribution is 2.26. The van der Waals surface area contributed by atoms with E-state index >= 15 is 0 Å². The number of non-ortho nitro benzene ring substituents is 1. The number of aryl methyl sites for hydroxylation is 2. The van der Waals surface area contributed by atoms with Crippen LogP contribution in [0.2, 0.25) is 0 Å². The third-order valence-corrected chi connectivity index (χ3v) is 4.54. The zero-order valence-corrected chi connectivity index (χ0v) is 12.5. The van der Waals surface area contributed by atoms with Crippen LogP contribution in [0.3, 0.4) is 0 Å². The summed E-state index contributed by atoms with van der Waals surface area (Å²) in [6, 6.07) is 3.89. The van der Waals surface area contributed by atoms with E-state index in [4.69, 9.17) is 0 Å². The number of hydrogen-bond acceptors (Lipinski definition) is 5. The van der Waals surface area contributed by atoms with E-state index in [-0.39, 0.29) is 16.4 Å². The summed E-state index contributed by atoms with van der Waals surface area (Å²) in [4.78, 5) is 10.1. The number of benzene rings is 1. The molecule has 0 aliphatic carbocycles. The van der Waals surface area contributed by atoms with Crippen LogP contribution in [-0.4, -0.2) is 23.1 Å². The summed E-state index contributed by atoms with van der Waals surface area (Å²) in [7, 11) is -2.29. The number of sulfonamides is 1. The average Bonchev–Trinajstić information content (AvgIpc) is 2.76. The van der Waals surface area contributed by atoms with Crippen LogP contribution < -0.4 is 4.72 Å². The summed E-state index contributed by atoms with van der Waals surface area (Å²) in [5.41, 5.74) is 0.731. The van der Waals surface area contributed by atoms with Crippen molar-refractivity contribution in [2.45, 2.75) is 18.7 Å². The van der Waals surface area contributed by atoms with E-state index in [1.54, 1.807) is 27.1 Å². The van der Waals surface area contributed by atoms with Gasteiger partial charge in [0.15, 0.2) is 5.82 Å². The predicted molar refractivity (Wildman–Crippen MR) is 76.6 cm³/mol. The standard InChI is InChI=1S/C12H14N4O4S/c1-8-6-10(16(17)18)7-11(9(8)2)21(19,20)14-12-4-5-15(3)13-12/h4-7H,1-3H3,(H,13,14). The van der Waals surface area contributed by atoms with Gasteiger partial charge in [0.1, 0.15) is 0 Å². The molecule has 1 heterocycles. The minimum Gasteiger partial charge on any atom is -0.274 e. The number of nitrogens with one attached hydrogen (secondary N) is 1. The molecule has 0 amide bonds. The predicted octanol–water partition coefficient (Wildman–Crippen LogP) is 1.75. The van der Waals surface area contributed by atoms with Gasteiger partial charge in [-0.3, -0.25) is 19.5 Å². The molecule has 8 nitrogen and oxygen atoms in total. The highest BCUT2D eigenvalue weighted by Gasteiger charge is 2.23. The summed E-state index contributed by atoms with van der Waals surface area (Å²) in [5.74, 6) is 0.154. The van der Waals surface area contributed by atoms with E-state index in [1.807, 2.05) is 0 Å². The van der Waals surface area contributed by atoms with Gasteiger partial charge >= 0.3 is 0 Å². The van der Waals surface area contributed by atoms with Gasteiger partial charge in [-0.05, 0) is 25.0 Å². The zero-order valence-electron chi connectivity index (χ0n) is 11.7. The van der Waals surface area contributed by atoms with Crippen molar-refractivity contribution >= 4 is 21.5 Å². The van der Waals surface area contributed by atoms with Gasteiger partial charge in [0.05, 0.1) is 9.82 Å². The molecule has 2 rings (SSSR count). The van der Waals surface area contributed by atoms with Crippen molar-refractivity contribution in [2.75, 3.05) is 4.72 Å². The molecule has 0 unspecified atom stereocenters. The van der Waals surface area contributed by atoms with Gasteiger partial charge in [-0.15, -0.1) is 0 Å². The number of aromatic nitrogens is 2. The molecular weight excluding hydrogens is 296 g/mol. The number of nitrogens with zero attached hydrogens (tertiary/aromatic N) is 3. The molecule has 1 aromatic carbocycles. The molecule has 0 radical (unpaired) electrons. The molecule has 0 atom stereocenters. The SMILES string of the molecule is Cc1cc([N+](=O)[O-])cc(S(=O)(=O)Nc2ccn(C)n2)c1C. The molecule has 0 saturated heterocycles. The van der Waals surface area contributed by atoms with Crippen molar-refractivity contribution in [3.05, 3.63) is 45.6 Å². The second-order valence-electron chi connectivity index (χ2n) is 4.62. The van der Waals surface area contributed by atoms with Crippen molar-refractivity contribution in [2.24, 2.45) is 7.05 Å². The van der Waals surface area contributed by atoms with Gasteiger partial charge < -0.3 is 0 Å². The van der Waals surface area contributed by atoms with E-state index in [1.165, 1.54) is 16.8 Å². The number of nitro groups is 1. The van der Waals surface area contributed by atoms with Crippen LogP contribution in [0, 0.1) is 24.0 Å². The van der Waals surface area contributed by atoms with Gasteiger partial charge in [0.2, 0.25) is 0 Å². The van der Waals surface area contributed by atoms with E-state index in [9.17, 15) is 18.5 Å². The Morgan fingerprint density at radius 3 is 2.52 bits per heavy atom. The van der Waals surface area contributed by atoms with E-state index in [2.05, 4.69) is 9.82 Å². The molecule has 1 aromatic heterocycles. The van der Waals surface area contributed by atoms with Gasteiger partial charge in [0.25, 0.3) is 15.7 Å². The van der Waals surface area contributed by atoms with Crippen LogP contribution in [0.15, 0.2) is 29.3 Å². The number of hydrogen-bond donors (Lipinski definition) is 1. The van der Waals surface area contributed by atoms with Crippen LogP contribution in [0.1, 0.15) is 11.1 Å². The first-order valence-electron chi connectivity index (χ1n) is 5.99. The Morgan fingerprint density at radius 1 is 1.33 bits per heavy atom. The summed E-state index contributed by atoms with van der Waals surface area (Å²) in [6.45, 7) is 3.23. The summed E-state index contributed by atoms with van der Waals surface area (Å²) in [5, 5.41) is 14.8. The molecular formula is C12H14N4O4S. The lowest BCUT2D eigenvalue weighted by Gasteiger charge is -2.10. The summed E-state index contributed by atoms with van der Waals surface area (Å²) >= 11 is 0. The Labute approximate surface area is 121 Å². The first-order chi connectivity index (χ1) is 9.70. The van der Waals surface area contributed by atoms with Crippen molar-refractivity contribution in [3.8, 4) is 0 Å². The van der Waals surface area contributed by atoms with Gasteiger partial charge in [-0.2, -0.15) is 5.10 Å². The van der Waals surface area contributed by atoms with Gasteiger partial charge in [-0.1, -0.05) is 0 Å². The van der Waals surface area contributed by atoms with Crippen LogP contribution >= 0.6 is 0 Å². The van der Waals surface area contributed by atoms with Crippen molar-refractivity contribution in [1.82, 2.24) is 9.78 Å². The lowest BCUT2D eigenvalue weighted by molar-refractivity contribution is -0.385. The number of anilines is 1.